The van der Waals surface area contributed by atoms with Crippen LogP contribution in [0.5, 0.6) is 0 Å². The van der Waals surface area contributed by atoms with E-state index < -0.39 is 11.9 Å². The van der Waals surface area contributed by atoms with Crippen molar-refractivity contribution in [3.8, 4) is 0 Å². The predicted molar refractivity (Wildman–Crippen MR) is 26.2 cm³/mol. The number of hydrogen-bond acceptors (Lipinski definition) is 3. The quantitative estimate of drug-likeness (QED) is 0.368. The van der Waals surface area contributed by atoms with Crippen LogP contribution in [-0.2, 0) is 4.79 Å². The van der Waals surface area contributed by atoms with Gasteiger partial charge in [-0.3, -0.25) is 4.79 Å². The molecule has 0 aliphatic carbocycles. The minimum Gasteiger partial charge on any atom is -0.368 e. The molecule has 0 bridgehead atoms. The molecule has 0 spiro atoms. The molecular formula is C3H9N3O. The van der Waals surface area contributed by atoms with E-state index in [1.54, 1.807) is 0 Å². The van der Waals surface area contributed by atoms with Gasteiger partial charge < -0.3 is 17.2 Å². The van der Waals surface area contributed by atoms with E-state index in [-0.39, 0.29) is 6.54 Å². The molecule has 0 saturated carbocycles. The molecule has 42 valence electrons. The number of carbonyl (C=O) groups is 1. The number of nitrogens with two attached hydrogens (primary N) is 3. The van der Waals surface area contributed by atoms with Gasteiger partial charge in [-0.05, 0) is 0 Å². The minimum atomic E-state index is -0.681. The summed E-state index contributed by atoms with van der Waals surface area (Å²) in [6, 6.07) is -0.681. The van der Waals surface area contributed by atoms with Gasteiger partial charge in [-0.15, -0.1) is 0 Å². The summed E-state index contributed by atoms with van der Waals surface area (Å²) in [5.41, 5.74) is 14.7. The maximum absolute atomic E-state index is 9.95. The zero-order valence-corrected chi connectivity index (χ0v) is 3.92. The van der Waals surface area contributed by atoms with Crippen molar-refractivity contribution in [1.29, 1.82) is 0 Å². The SMILES string of the molecule is NCC(N)C(N)=O. The first-order valence-electron chi connectivity index (χ1n) is 1.93. The maximum atomic E-state index is 9.95. The molecule has 0 aliphatic rings. The molecule has 0 aromatic heterocycles. The van der Waals surface area contributed by atoms with Crippen LogP contribution in [0.15, 0.2) is 0 Å². The molecule has 0 saturated heterocycles. The summed E-state index contributed by atoms with van der Waals surface area (Å²) >= 11 is 0. The van der Waals surface area contributed by atoms with Crippen LogP contribution < -0.4 is 17.2 Å². The number of primary amides is 1. The molecule has 7 heavy (non-hydrogen) atoms. The highest BCUT2D eigenvalue weighted by atomic mass is 16.1. The standard InChI is InChI=1S/C3H9N3O/c4-1-2(5)3(6)7/h2H,1,4-5H2,(H2,6,7). The van der Waals surface area contributed by atoms with Gasteiger partial charge in [-0.25, -0.2) is 0 Å². The van der Waals surface area contributed by atoms with Crippen LogP contribution in [0, 0.1) is 0 Å². The zero-order chi connectivity index (χ0) is 5.86. The Morgan fingerprint density at radius 1 is 1.71 bits per heavy atom. The van der Waals surface area contributed by atoms with Crippen molar-refractivity contribution in [1.82, 2.24) is 0 Å². The summed E-state index contributed by atoms with van der Waals surface area (Å²) in [6.07, 6.45) is 0. The predicted octanol–water partition coefficient (Wildman–Crippen LogP) is -2.24. The Kier molecular flexibility index (Phi) is 2.32. The van der Waals surface area contributed by atoms with Crippen molar-refractivity contribution in [3.05, 3.63) is 0 Å². The zero-order valence-electron chi connectivity index (χ0n) is 3.92. The van der Waals surface area contributed by atoms with E-state index >= 15 is 0 Å². The topological polar surface area (TPSA) is 95.1 Å². The lowest BCUT2D eigenvalue weighted by Gasteiger charge is -1.98. The molecule has 0 rings (SSSR count). The van der Waals surface area contributed by atoms with Gasteiger partial charge in [-0.2, -0.15) is 0 Å². The number of amides is 1. The van der Waals surface area contributed by atoms with Crippen molar-refractivity contribution in [2.75, 3.05) is 6.54 Å². The van der Waals surface area contributed by atoms with E-state index in [2.05, 4.69) is 0 Å². The van der Waals surface area contributed by atoms with Crippen LogP contribution in [-0.4, -0.2) is 18.5 Å². The first-order valence-corrected chi connectivity index (χ1v) is 1.93. The molecule has 0 radical (unpaired) electrons. The van der Waals surface area contributed by atoms with Crippen LogP contribution in [0.1, 0.15) is 0 Å². The van der Waals surface area contributed by atoms with Gasteiger partial charge in [0, 0.05) is 6.54 Å². The molecule has 6 N–H and O–H groups in total. The Bertz CT molecular complexity index is 72.6. The van der Waals surface area contributed by atoms with E-state index in [0.717, 1.165) is 0 Å². The average molecular weight is 103 g/mol. The second-order valence-electron chi connectivity index (χ2n) is 1.24. The van der Waals surface area contributed by atoms with Gasteiger partial charge in [0.2, 0.25) is 5.91 Å². The molecular weight excluding hydrogens is 94.1 g/mol. The van der Waals surface area contributed by atoms with Gasteiger partial charge in [0.25, 0.3) is 0 Å². The fourth-order valence-corrected chi connectivity index (χ4v) is 0.116. The molecule has 0 aromatic rings. The van der Waals surface area contributed by atoms with Crippen LogP contribution >= 0.6 is 0 Å². The largest absolute Gasteiger partial charge is 0.368 e. The molecule has 1 amide bonds. The van der Waals surface area contributed by atoms with Crippen LogP contribution in [0.25, 0.3) is 0 Å². The lowest BCUT2D eigenvalue weighted by molar-refractivity contribution is -0.119. The van der Waals surface area contributed by atoms with E-state index in [0.29, 0.717) is 0 Å². The number of hydrogen-bond donors (Lipinski definition) is 3. The van der Waals surface area contributed by atoms with Crippen molar-refractivity contribution >= 4 is 5.91 Å². The summed E-state index contributed by atoms with van der Waals surface area (Å²) in [4.78, 5) is 9.95. The van der Waals surface area contributed by atoms with E-state index in [1.165, 1.54) is 0 Å². The third-order valence-corrected chi connectivity index (χ3v) is 0.619. The fourth-order valence-electron chi connectivity index (χ4n) is 0.116. The van der Waals surface area contributed by atoms with Gasteiger partial charge in [-0.1, -0.05) is 0 Å². The van der Waals surface area contributed by atoms with Gasteiger partial charge >= 0.3 is 0 Å². The normalized spacial score (nSPS) is 13.4. The van der Waals surface area contributed by atoms with Gasteiger partial charge in [0.15, 0.2) is 0 Å². The summed E-state index contributed by atoms with van der Waals surface area (Å²) in [7, 11) is 0. The molecule has 0 heterocycles. The molecule has 4 heteroatoms. The Hall–Kier alpha value is -0.610. The molecule has 4 nitrogen and oxygen atoms in total. The third kappa shape index (κ3) is 2.13. The van der Waals surface area contributed by atoms with Gasteiger partial charge in [0.1, 0.15) is 0 Å². The highest BCUT2D eigenvalue weighted by Crippen LogP contribution is 1.64. The molecule has 1 atom stereocenters. The van der Waals surface area contributed by atoms with Crippen LogP contribution in [0.2, 0.25) is 0 Å². The summed E-state index contributed by atoms with van der Waals surface area (Å²) in [6.45, 7) is 0.120. The Labute approximate surface area is 41.7 Å². The highest BCUT2D eigenvalue weighted by molar-refractivity contribution is 5.79. The van der Waals surface area contributed by atoms with Crippen molar-refractivity contribution < 1.29 is 4.79 Å². The maximum Gasteiger partial charge on any atom is 0.235 e. The highest BCUT2D eigenvalue weighted by Gasteiger charge is 2.03. The van der Waals surface area contributed by atoms with Crippen molar-refractivity contribution in [2.24, 2.45) is 17.2 Å². The lowest BCUT2D eigenvalue weighted by Crippen LogP contribution is -2.42. The second-order valence-corrected chi connectivity index (χ2v) is 1.24. The van der Waals surface area contributed by atoms with Crippen molar-refractivity contribution in [2.45, 2.75) is 6.04 Å². The van der Waals surface area contributed by atoms with E-state index in [1.807, 2.05) is 0 Å². The molecule has 0 aliphatic heterocycles. The second kappa shape index (κ2) is 2.54. The van der Waals surface area contributed by atoms with Crippen LogP contribution in [0.3, 0.4) is 0 Å². The molecule has 1 unspecified atom stereocenters. The number of rotatable bonds is 2. The minimum absolute atomic E-state index is 0.120. The monoisotopic (exact) mass is 103 g/mol. The molecule has 0 fully saturated rings. The Balaban J connectivity index is 3.34. The van der Waals surface area contributed by atoms with Crippen LogP contribution in [0.4, 0.5) is 0 Å². The molecule has 0 aromatic carbocycles. The fraction of sp³-hybridized carbons (Fsp3) is 0.667. The Morgan fingerprint density at radius 2 is 2.14 bits per heavy atom. The summed E-state index contributed by atoms with van der Waals surface area (Å²) < 4.78 is 0. The number of carbonyl (C=O) groups excluding carboxylic acids is 1. The first-order chi connectivity index (χ1) is 3.18. The lowest BCUT2D eigenvalue weighted by atomic mass is 10.3. The smallest absolute Gasteiger partial charge is 0.235 e. The summed E-state index contributed by atoms with van der Waals surface area (Å²) in [5, 5.41) is 0. The van der Waals surface area contributed by atoms with Gasteiger partial charge in [0.05, 0.1) is 6.04 Å². The third-order valence-electron chi connectivity index (χ3n) is 0.619. The first kappa shape index (κ1) is 6.39. The van der Waals surface area contributed by atoms with Crippen molar-refractivity contribution in [3.63, 3.8) is 0 Å². The Morgan fingerprint density at radius 3 is 2.14 bits per heavy atom. The summed E-state index contributed by atoms with van der Waals surface area (Å²) in [5.74, 6) is -0.553. The van der Waals surface area contributed by atoms with E-state index in [4.69, 9.17) is 17.2 Å². The average Bonchev–Trinajstić information content (AvgIpc) is 1.65. The van der Waals surface area contributed by atoms with E-state index in [9.17, 15) is 4.79 Å².